The molecule has 0 aromatic heterocycles. The molecule has 0 unspecified atom stereocenters. The first-order chi connectivity index (χ1) is 7.06. The molecule has 15 heavy (non-hydrogen) atoms. The SMILES string of the molecule is CCC(=C(C)C(=O)O)c1ccc(Br)cc1. The number of hydrogen-bond donors (Lipinski definition) is 1. The zero-order chi connectivity index (χ0) is 11.4. The van der Waals surface area contributed by atoms with E-state index in [2.05, 4.69) is 15.9 Å². The fourth-order valence-corrected chi connectivity index (χ4v) is 1.73. The van der Waals surface area contributed by atoms with E-state index in [9.17, 15) is 4.79 Å². The van der Waals surface area contributed by atoms with E-state index in [0.29, 0.717) is 5.57 Å². The Morgan fingerprint density at radius 1 is 1.33 bits per heavy atom. The molecule has 0 heterocycles. The number of allylic oxidation sites excluding steroid dienone is 1. The molecule has 0 aliphatic rings. The summed E-state index contributed by atoms with van der Waals surface area (Å²) in [6.45, 7) is 3.60. The molecule has 0 radical (unpaired) electrons. The van der Waals surface area contributed by atoms with E-state index in [1.165, 1.54) is 0 Å². The summed E-state index contributed by atoms with van der Waals surface area (Å²) in [5.41, 5.74) is 2.27. The number of carboxylic acids is 1. The van der Waals surface area contributed by atoms with Crippen LogP contribution in [-0.4, -0.2) is 11.1 Å². The fourth-order valence-electron chi connectivity index (χ4n) is 1.47. The van der Waals surface area contributed by atoms with Gasteiger partial charge in [0.05, 0.1) is 0 Å². The molecule has 0 aliphatic heterocycles. The first kappa shape index (κ1) is 12.0. The third kappa shape index (κ3) is 2.93. The molecule has 0 fully saturated rings. The van der Waals surface area contributed by atoms with Crippen LogP contribution in [-0.2, 0) is 4.79 Å². The highest BCUT2D eigenvalue weighted by molar-refractivity contribution is 9.10. The number of aliphatic carboxylic acids is 1. The van der Waals surface area contributed by atoms with Crippen molar-refractivity contribution in [2.24, 2.45) is 0 Å². The summed E-state index contributed by atoms with van der Waals surface area (Å²) in [7, 11) is 0. The zero-order valence-corrected chi connectivity index (χ0v) is 10.3. The van der Waals surface area contributed by atoms with Crippen LogP contribution < -0.4 is 0 Å². The van der Waals surface area contributed by atoms with E-state index >= 15 is 0 Å². The summed E-state index contributed by atoms with van der Waals surface area (Å²) in [6, 6.07) is 7.69. The second-order valence-corrected chi connectivity index (χ2v) is 4.18. The molecule has 1 rings (SSSR count). The Kier molecular flexibility index (Phi) is 4.09. The minimum absolute atomic E-state index is 0.417. The Labute approximate surface area is 97.8 Å². The maximum absolute atomic E-state index is 10.9. The predicted molar refractivity (Wildman–Crippen MR) is 64.7 cm³/mol. The van der Waals surface area contributed by atoms with Crippen molar-refractivity contribution in [1.29, 1.82) is 0 Å². The summed E-state index contributed by atoms with van der Waals surface area (Å²) in [6.07, 6.45) is 0.722. The number of halogens is 1. The molecule has 3 heteroatoms. The number of carbonyl (C=O) groups is 1. The zero-order valence-electron chi connectivity index (χ0n) is 8.75. The van der Waals surface area contributed by atoms with E-state index in [-0.39, 0.29) is 0 Å². The van der Waals surface area contributed by atoms with Crippen LogP contribution in [0, 0.1) is 0 Å². The summed E-state index contributed by atoms with van der Waals surface area (Å²) < 4.78 is 0.995. The van der Waals surface area contributed by atoms with Gasteiger partial charge in [0, 0.05) is 10.0 Å². The van der Waals surface area contributed by atoms with Gasteiger partial charge in [0.25, 0.3) is 0 Å². The molecule has 0 saturated heterocycles. The lowest BCUT2D eigenvalue weighted by Crippen LogP contribution is -2.00. The number of carboxylic acid groups (broad SMARTS) is 1. The van der Waals surface area contributed by atoms with Crippen LogP contribution in [0.2, 0.25) is 0 Å². The van der Waals surface area contributed by atoms with Crippen molar-refractivity contribution in [2.75, 3.05) is 0 Å². The molecule has 80 valence electrons. The lowest BCUT2D eigenvalue weighted by molar-refractivity contribution is -0.132. The van der Waals surface area contributed by atoms with Gasteiger partial charge in [-0.3, -0.25) is 0 Å². The van der Waals surface area contributed by atoms with Crippen LogP contribution in [0.5, 0.6) is 0 Å². The minimum Gasteiger partial charge on any atom is -0.478 e. The maximum Gasteiger partial charge on any atom is 0.331 e. The lowest BCUT2D eigenvalue weighted by atomic mass is 9.98. The Morgan fingerprint density at radius 3 is 2.27 bits per heavy atom. The van der Waals surface area contributed by atoms with Gasteiger partial charge in [-0.05, 0) is 36.6 Å². The largest absolute Gasteiger partial charge is 0.478 e. The number of hydrogen-bond acceptors (Lipinski definition) is 1. The van der Waals surface area contributed by atoms with Crippen molar-refractivity contribution in [3.63, 3.8) is 0 Å². The van der Waals surface area contributed by atoms with Crippen LogP contribution in [0.4, 0.5) is 0 Å². The molecule has 1 N–H and O–H groups in total. The third-order valence-corrected chi connectivity index (χ3v) is 2.85. The van der Waals surface area contributed by atoms with Crippen LogP contribution in [0.25, 0.3) is 5.57 Å². The smallest absolute Gasteiger partial charge is 0.331 e. The third-order valence-electron chi connectivity index (χ3n) is 2.32. The lowest BCUT2D eigenvalue weighted by Gasteiger charge is -2.07. The van der Waals surface area contributed by atoms with Gasteiger partial charge in [0.1, 0.15) is 0 Å². The molecular formula is C12H13BrO2. The Hall–Kier alpha value is -1.09. The molecule has 0 saturated carbocycles. The topological polar surface area (TPSA) is 37.3 Å². The highest BCUT2D eigenvalue weighted by atomic mass is 79.9. The van der Waals surface area contributed by atoms with E-state index < -0.39 is 5.97 Å². The minimum atomic E-state index is -0.852. The van der Waals surface area contributed by atoms with Crippen molar-refractivity contribution in [1.82, 2.24) is 0 Å². The first-order valence-electron chi connectivity index (χ1n) is 4.75. The summed E-state index contributed by atoms with van der Waals surface area (Å²) in [5.74, 6) is -0.852. The monoisotopic (exact) mass is 268 g/mol. The molecule has 0 atom stereocenters. The fraction of sp³-hybridized carbons (Fsp3) is 0.250. The van der Waals surface area contributed by atoms with E-state index in [1.807, 2.05) is 31.2 Å². The van der Waals surface area contributed by atoms with Gasteiger partial charge >= 0.3 is 5.97 Å². The number of rotatable bonds is 3. The molecule has 0 amide bonds. The normalized spacial score (nSPS) is 12.2. The van der Waals surface area contributed by atoms with Crippen LogP contribution in [0.3, 0.4) is 0 Å². The first-order valence-corrected chi connectivity index (χ1v) is 5.54. The molecule has 1 aromatic rings. The highest BCUT2D eigenvalue weighted by Crippen LogP contribution is 2.23. The molecule has 0 bridgehead atoms. The Balaban J connectivity index is 3.19. The van der Waals surface area contributed by atoms with E-state index in [0.717, 1.165) is 22.0 Å². The van der Waals surface area contributed by atoms with E-state index in [1.54, 1.807) is 6.92 Å². The van der Waals surface area contributed by atoms with Gasteiger partial charge in [0.2, 0.25) is 0 Å². The van der Waals surface area contributed by atoms with Gasteiger partial charge in [-0.1, -0.05) is 35.0 Å². The van der Waals surface area contributed by atoms with Crippen molar-refractivity contribution in [3.05, 3.63) is 39.9 Å². The summed E-state index contributed by atoms with van der Waals surface area (Å²) >= 11 is 3.35. The average Bonchev–Trinajstić information content (AvgIpc) is 2.21. The molecule has 2 nitrogen and oxygen atoms in total. The van der Waals surface area contributed by atoms with Crippen molar-refractivity contribution in [3.8, 4) is 0 Å². The Bertz CT molecular complexity index is 391. The van der Waals surface area contributed by atoms with Gasteiger partial charge in [-0.25, -0.2) is 4.79 Å². The summed E-state index contributed by atoms with van der Waals surface area (Å²) in [5, 5.41) is 8.93. The molecular weight excluding hydrogens is 256 g/mol. The van der Waals surface area contributed by atoms with Gasteiger partial charge in [0.15, 0.2) is 0 Å². The summed E-state index contributed by atoms with van der Waals surface area (Å²) in [4.78, 5) is 10.9. The van der Waals surface area contributed by atoms with Crippen LogP contribution in [0.15, 0.2) is 34.3 Å². The maximum atomic E-state index is 10.9. The second kappa shape index (κ2) is 5.12. The van der Waals surface area contributed by atoms with Crippen molar-refractivity contribution < 1.29 is 9.90 Å². The molecule has 0 spiro atoms. The molecule has 1 aromatic carbocycles. The van der Waals surface area contributed by atoms with Gasteiger partial charge < -0.3 is 5.11 Å². The van der Waals surface area contributed by atoms with Crippen molar-refractivity contribution in [2.45, 2.75) is 20.3 Å². The second-order valence-electron chi connectivity index (χ2n) is 3.27. The quantitative estimate of drug-likeness (QED) is 0.849. The van der Waals surface area contributed by atoms with Gasteiger partial charge in [-0.15, -0.1) is 0 Å². The predicted octanol–water partition coefficient (Wildman–Crippen LogP) is 3.72. The van der Waals surface area contributed by atoms with Gasteiger partial charge in [-0.2, -0.15) is 0 Å². The van der Waals surface area contributed by atoms with E-state index in [4.69, 9.17) is 5.11 Å². The number of benzene rings is 1. The van der Waals surface area contributed by atoms with Crippen molar-refractivity contribution >= 4 is 27.5 Å². The molecule has 0 aliphatic carbocycles. The standard InChI is InChI=1S/C12H13BrO2/c1-3-11(8(2)12(14)15)9-4-6-10(13)7-5-9/h4-7H,3H2,1-2H3,(H,14,15). The average molecular weight is 269 g/mol. The Morgan fingerprint density at radius 2 is 1.87 bits per heavy atom. The van der Waals surface area contributed by atoms with Crippen LogP contribution >= 0.6 is 15.9 Å². The highest BCUT2D eigenvalue weighted by Gasteiger charge is 2.09. The van der Waals surface area contributed by atoms with Crippen LogP contribution in [0.1, 0.15) is 25.8 Å².